The molecule has 0 atom stereocenters. The molecule has 0 bridgehead atoms. The Bertz CT molecular complexity index is 324. The summed E-state index contributed by atoms with van der Waals surface area (Å²) in [6, 6.07) is 7.88. The standard InChI is InChI=1S/C12H17NO2.C2H6/c1-3-12(14)13-8-7-10-5-4-6-11(9-10)15-2;1-2/h4-6,9H,3,7-8H2,1-2H3,(H,13,14);1-2H3. The summed E-state index contributed by atoms with van der Waals surface area (Å²) in [4.78, 5) is 11.0. The van der Waals surface area contributed by atoms with Gasteiger partial charge in [-0.2, -0.15) is 0 Å². The van der Waals surface area contributed by atoms with Crippen LogP contribution in [0.3, 0.4) is 0 Å². The number of carbonyl (C=O) groups excluding carboxylic acids is 1. The van der Waals surface area contributed by atoms with Gasteiger partial charge in [-0.25, -0.2) is 0 Å². The Morgan fingerprint density at radius 3 is 2.65 bits per heavy atom. The molecule has 1 amide bonds. The van der Waals surface area contributed by atoms with Crippen molar-refractivity contribution in [2.75, 3.05) is 13.7 Å². The molecule has 1 aromatic rings. The van der Waals surface area contributed by atoms with E-state index in [4.69, 9.17) is 4.74 Å². The van der Waals surface area contributed by atoms with Crippen molar-refractivity contribution < 1.29 is 9.53 Å². The molecule has 0 aliphatic carbocycles. The topological polar surface area (TPSA) is 38.3 Å². The van der Waals surface area contributed by atoms with Crippen LogP contribution in [0.4, 0.5) is 0 Å². The monoisotopic (exact) mass is 237 g/mol. The molecule has 0 saturated carbocycles. The summed E-state index contributed by atoms with van der Waals surface area (Å²) >= 11 is 0. The summed E-state index contributed by atoms with van der Waals surface area (Å²) in [6.07, 6.45) is 1.38. The van der Waals surface area contributed by atoms with E-state index < -0.39 is 0 Å². The van der Waals surface area contributed by atoms with Crippen LogP contribution in [0.25, 0.3) is 0 Å². The van der Waals surface area contributed by atoms with Crippen molar-refractivity contribution in [2.45, 2.75) is 33.6 Å². The van der Waals surface area contributed by atoms with Crippen LogP contribution in [0, 0.1) is 0 Å². The van der Waals surface area contributed by atoms with Gasteiger partial charge in [0, 0.05) is 13.0 Å². The molecule has 0 aliphatic rings. The molecule has 0 fully saturated rings. The molecular weight excluding hydrogens is 214 g/mol. The van der Waals surface area contributed by atoms with E-state index in [1.807, 2.05) is 45.0 Å². The highest BCUT2D eigenvalue weighted by atomic mass is 16.5. The van der Waals surface area contributed by atoms with Gasteiger partial charge in [0.25, 0.3) is 0 Å². The lowest BCUT2D eigenvalue weighted by atomic mass is 10.1. The Morgan fingerprint density at radius 2 is 2.06 bits per heavy atom. The fourth-order valence-corrected chi connectivity index (χ4v) is 1.30. The molecule has 1 N–H and O–H groups in total. The Morgan fingerprint density at radius 1 is 1.35 bits per heavy atom. The lowest BCUT2D eigenvalue weighted by Gasteiger charge is -2.05. The molecule has 0 aliphatic heterocycles. The van der Waals surface area contributed by atoms with E-state index in [2.05, 4.69) is 5.32 Å². The molecule has 0 unspecified atom stereocenters. The third-order valence-electron chi connectivity index (χ3n) is 2.19. The quantitative estimate of drug-likeness (QED) is 0.855. The molecule has 3 heteroatoms. The van der Waals surface area contributed by atoms with E-state index in [0.717, 1.165) is 12.2 Å². The second-order valence-corrected chi connectivity index (χ2v) is 3.31. The Labute approximate surface area is 104 Å². The highest BCUT2D eigenvalue weighted by Crippen LogP contribution is 2.12. The summed E-state index contributed by atoms with van der Waals surface area (Å²) in [6.45, 7) is 6.53. The molecule has 0 radical (unpaired) electrons. The smallest absolute Gasteiger partial charge is 0.219 e. The third kappa shape index (κ3) is 6.61. The van der Waals surface area contributed by atoms with Gasteiger partial charge in [-0.15, -0.1) is 0 Å². The summed E-state index contributed by atoms with van der Waals surface area (Å²) < 4.78 is 5.12. The number of methoxy groups -OCH3 is 1. The van der Waals surface area contributed by atoms with Crippen molar-refractivity contribution in [3.63, 3.8) is 0 Å². The predicted molar refractivity (Wildman–Crippen MR) is 71.3 cm³/mol. The highest BCUT2D eigenvalue weighted by molar-refractivity contribution is 5.75. The highest BCUT2D eigenvalue weighted by Gasteiger charge is 1.98. The van der Waals surface area contributed by atoms with Gasteiger partial charge in [0.1, 0.15) is 5.75 Å². The average Bonchev–Trinajstić information content (AvgIpc) is 2.41. The van der Waals surface area contributed by atoms with Crippen molar-refractivity contribution in [1.82, 2.24) is 5.32 Å². The zero-order valence-corrected chi connectivity index (χ0v) is 11.2. The first-order chi connectivity index (χ1) is 8.26. The number of ether oxygens (including phenoxy) is 1. The maximum Gasteiger partial charge on any atom is 0.219 e. The molecule has 0 aromatic heterocycles. The minimum Gasteiger partial charge on any atom is -0.497 e. The van der Waals surface area contributed by atoms with E-state index >= 15 is 0 Å². The van der Waals surface area contributed by atoms with Crippen molar-refractivity contribution in [3.05, 3.63) is 29.8 Å². The molecule has 0 spiro atoms. The molecule has 17 heavy (non-hydrogen) atoms. The SMILES string of the molecule is CC.CCC(=O)NCCc1cccc(OC)c1. The van der Waals surface area contributed by atoms with Gasteiger partial charge < -0.3 is 10.1 Å². The summed E-state index contributed by atoms with van der Waals surface area (Å²) in [5.74, 6) is 0.951. The van der Waals surface area contributed by atoms with Crippen molar-refractivity contribution in [1.29, 1.82) is 0 Å². The normalized spacial score (nSPS) is 8.94. The van der Waals surface area contributed by atoms with Crippen LogP contribution in [0.5, 0.6) is 5.75 Å². The summed E-state index contributed by atoms with van der Waals surface area (Å²) in [7, 11) is 1.65. The first-order valence-electron chi connectivity index (χ1n) is 6.16. The number of nitrogens with one attached hydrogen (secondary N) is 1. The van der Waals surface area contributed by atoms with Gasteiger partial charge in [-0.3, -0.25) is 4.79 Å². The Balaban J connectivity index is 0.00000121. The van der Waals surface area contributed by atoms with Crippen molar-refractivity contribution in [2.24, 2.45) is 0 Å². The number of hydrogen-bond donors (Lipinski definition) is 1. The molecule has 1 rings (SSSR count). The minimum absolute atomic E-state index is 0.0953. The molecular formula is C14H23NO2. The minimum atomic E-state index is 0.0953. The van der Waals surface area contributed by atoms with Gasteiger partial charge >= 0.3 is 0 Å². The van der Waals surface area contributed by atoms with Crippen LogP contribution in [0.15, 0.2) is 24.3 Å². The van der Waals surface area contributed by atoms with Crippen LogP contribution < -0.4 is 10.1 Å². The second kappa shape index (κ2) is 9.70. The second-order valence-electron chi connectivity index (χ2n) is 3.31. The first-order valence-corrected chi connectivity index (χ1v) is 6.16. The van der Waals surface area contributed by atoms with E-state index in [0.29, 0.717) is 13.0 Å². The van der Waals surface area contributed by atoms with E-state index in [1.165, 1.54) is 5.56 Å². The van der Waals surface area contributed by atoms with Crippen LogP contribution in [0.2, 0.25) is 0 Å². The number of benzene rings is 1. The zero-order valence-electron chi connectivity index (χ0n) is 11.2. The van der Waals surface area contributed by atoms with E-state index in [9.17, 15) is 4.79 Å². The average molecular weight is 237 g/mol. The largest absolute Gasteiger partial charge is 0.497 e. The lowest BCUT2D eigenvalue weighted by molar-refractivity contribution is -0.120. The Kier molecular flexibility index (Phi) is 8.84. The number of carbonyl (C=O) groups is 1. The van der Waals surface area contributed by atoms with E-state index in [-0.39, 0.29) is 5.91 Å². The molecule has 1 aromatic carbocycles. The van der Waals surface area contributed by atoms with Gasteiger partial charge in [-0.05, 0) is 24.1 Å². The molecule has 0 saturated heterocycles. The first kappa shape index (κ1) is 15.5. The fraction of sp³-hybridized carbons (Fsp3) is 0.500. The van der Waals surface area contributed by atoms with Crippen LogP contribution in [-0.4, -0.2) is 19.6 Å². The van der Waals surface area contributed by atoms with Gasteiger partial charge in [0.2, 0.25) is 5.91 Å². The number of rotatable bonds is 5. The van der Waals surface area contributed by atoms with Crippen molar-refractivity contribution in [3.8, 4) is 5.75 Å². The van der Waals surface area contributed by atoms with Crippen LogP contribution in [-0.2, 0) is 11.2 Å². The van der Waals surface area contributed by atoms with Crippen LogP contribution in [0.1, 0.15) is 32.8 Å². The van der Waals surface area contributed by atoms with Gasteiger partial charge in [0.15, 0.2) is 0 Å². The summed E-state index contributed by atoms with van der Waals surface area (Å²) in [5, 5.41) is 2.84. The maximum absolute atomic E-state index is 11.0. The summed E-state index contributed by atoms with van der Waals surface area (Å²) in [5.41, 5.74) is 1.17. The number of hydrogen-bond acceptors (Lipinski definition) is 2. The Hall–Kier alpha value is -1.51. The van der Waals surface area contributed by atoms with Gasteiger partial charge in [0.05, 0.1) is 7.11 Å². The predicted octanol–water partition coefficient (Wildman–Crippen LogP) is 2.79. The van der Waals surface area contributed by atoms with Crippen molar-refractivity contribution >= 4 is 5.91 Å². The lowest BCUT2D eigenvalue weighted by Crippen LogP contribution is -2.24. The van der Waals surface area contributed by atoms with E-state index in [1.54, 1.807) is 7.11 Å². The molecule has 3 nitrogen and oxygen atoms in total. The fourth-order valence-electron chi connectivity index (χ4n) is 1.30. The van der Waals surface area contributed by atoms with Gasteiger partial charge in [-0.1, -0.05) is 32.9 Å². The molecule has 96 valence electrons. The third-order valence-corrected chi connectivity index (χ3v) is 2.19. The molecule has 0 heterocycles. The zero-order chi connectivity index (χ0) is 13.1. The van der Waals surface area contributed by atoms with Crippen LogP contribution >= 0.6 is 0 Å². The maximum atomic E-state index is 11.0. The number of amides is 1.